The second kappa shape index (κ2) is 11.6. The van der Waals surface area contributed by atoms with Gasteiger partial charge in [0.25, 0.3) is 0 Å². The first kappa shape index (κ1) is 23.0. The molecule has 1 aromatic rings. The molecule has 0 heterocycles. The van der Waals surface area contributed by atoms with E-state index in [0.717, 1.165) is 11.8 Å². The van der Waals surface area contributed by atoms with E-state index in [-0.39, 0.29) is 6.61 Å². The molecule has 144 valence electrons. The number of rotatable bonds is 13. The van der Waals surface area contributed by atoms with Crippen LogP contribution in [0.3, 0.4) is 0 Å². The molecule has 1 rings (SSSR count). The molecule has 0 aliphatic heterocycles. The fraction of sp³-hybridized carbons (Fsp3) is 0.700. The molecule has 0 unspecified atom stereocenters. The predicted molar refractivity (Wildman–Crippen MR) is 111 cm³/mol. The summed E-state index contributed by atoms with van der Waals surface area (Å²) in [7, 11) is -3.38. The van der Waals surface area contributed by atoms with Gasteiger partial charge in [0.2, 0.25) is 0 Å². The minimum atomic E-state index is -3.38. The second-order valence-electron chi connectivity index (χ2n) is 7.25. The Kier molecular flexibility index (Phi) is 10.7. The van der Waals surface area contributed by atoms with Crippen molar-refractivity contribution >= 4 is 32.1 Å². The topological polar surface area (TPSA) is 43.4 Å². The Morgan fingerprint density at radius 1 is 0.840 bits per heavy atom. The number of benzene rings is 1. The fourth-order valence-electron chi connectivity index (χ4n) is 3.48. The average Bonchev–Trinajstić information content (AvgIpc) is 2.59. The van der Waals surface area contributed by atoms with Crippen LogP contribution in [0.15, 0.2) is 24.3 Å². The van der Waals surface area contributed by atoms with Crippen molar-refractivity contribution in [3.63, 3.8) is 0 Å². The van der Waals surface area contributed by atoms with Gasteiger partial charge in [0.1, 0.15) is 0 Å². The van der Waals surface area contributed by atoms with Gasteiger partial charge in [-0.05, 0) is 0 Å². The van der Waals surface area contributed by atoms with E-state index in [4.69, 9.17) is 4.18 Å². The molecular formula is C20H36O3SSn. The van der Waals surface area contributed by atoms with E-state index < -0.39 is 28.5 Å². The zero-order chi connectivity index (χ0) is 18.8. The van der Waals surface area contributed by atoms with Gasteiger partial charge in [-0.15, -0.1) is 0 Å². The van der Waals surface area contributed by atoms with Crippen LogP contribution in [0.25, 0.3) is 0 Å². The maximum absolute atomic E-state index is 11.2. The number of hydrogen-bond donors (Lipinski definition) is 0. The van der Waals surface area contributed by atoms with Crippen LogP contribution in [0.1, 0.15) is 64.9 Å². The number of unbranched alkanes of at least 4 members (excludes halogenated alkanes) is 3. The van der Waals surface area contributed by atoms with Crippen molar-refractivity contribution in [3.8, 4) is 0 Å². The van der Waals surface area contributed by atoms with Gasteiger partial charge in [-0.25, -0.2) is 0 Å². The van der Waals surface area contributed by atoms with Crippen LogP contribution in [-0.4, -0.2) is 33.1 Å². The zero-order valence-corrected chi connectivity index (χ0v) is 20.2. The van der Waals surface area contributed by atoms with E-state index in [1.807, 2.05) is 0 Å². The van der Waals surface area contributed by atoms with Crippen LogP contribution < -0.4 is 3.58 Å². The summed E-state index contributed by atoms with van der Waals surface area (Å²) < 4.78 is 33.2. The first-order chi connectivity index (χ1) is 11.9. The summed E-state index contributed by atoms with van der Waals surface area (Å²) in [6.07, 6.45) is 8.97. The van der Waals surface area contributed by atoms with Crippen molar-refractivity contribution in [2.75, 3.05) is 6.26 Å². The Hall–Kier alpha value is -0.0713. The molecule has 0 atom stereocenters. The van der Waals surface area contributed by atoms with Crippen LogP contribution in [0, 0.1) is 0 Å². The monoisotopic (exact) mass is 476 g/mol. The van der Waals surface area contributed by atoms with Crippen LogP contribution in [0.2, 0.25) is 13.3 Å². The van der Waals surface area contributed by atoms with E-state index in [1.54, 1.807) is 3.58 Å². The molecule has 0 spiro atoms. The van der Waals surface area contributed by atoms with Gasteiger partial charge in [0.05, 0.1) is 0 Å². The van der Waals surface area contributed by atoms with Crippen molar-refractivity contribution in [1.29, 1.82) is 0 Å². The molecule has 0 aliphatic carbocycles. The summed E-state index contributed by atoms with van der Waals surface area (Å²) >= 11 is -2.37. The minimum absolute atomic E-state index is 0.139. The Balaban J connectivity index is 3.01. The molecule has 0 N–H and O–H groups in total. The summed E-state index contributed by atoms with van der Waals surface area (Å²) in [4.78, 5) is 0. The molecule has 5 heteroatoms. The van der Waals surface area contributed by atoms with Gasteiger partial charge in [0, 0.05) is 0 Å². The summed E-state index contributed by atoms with van der Waals surface area (Å²) in [5.74, 6) is 0. The maximum atomic E-state index is 11.2. The molecule has 0 aromatic heterocycles. The SMILES string of the molecule is CCC[CH2][Sn]([CH2]CCC)([CH2]CCC)[c]1ccc(COS(C)(=O)=O)cc1. The molecule has 0 bridgehead atoms. The van der Waals surface area contributed by atoms with Gasteiger partial charge in [-0.3, -0.25) is 0 Å². The molecule has 0 saturated carbocycles. The van der Waals surface area contributed by atoms with E-state index >= 15 is 0 Å². The molecule has 0 saturated heterocycles. The summed E-state index contributed by atoms with van der Waals surface area (Å²) in [6, 6.07) is 8.74. The molecule has 1 aromatic carbocycles. The van der Waals surface area contributed by atoms with Crippen LogP contribution in [0.5, 0.6) is 0 Å². The van der Waals surface area contributed by atoms with Crippen LogP contribution in [0.4, 0.5) is 0 Å². The third-order valence-electron chi connectivity index (χ3n) is 5.03. The average molecular weight is 475 g/mol. The Morgan fingerprint density at radius 2 is 1.28 bits per heavy atom. The van der Waals surface area contributed by atoms with Gasteiger partial charge in [-0.2, -0.15) is 0 Å². The van der Waals surface area contributed by atoms with Gasteiger partial charge in [0.15, 0.2) is 0 Å². The van der Waals surface area contributed by atoms with Gasteiger partial charge >= 0.3 is 160 Å². The van der Waals surface area contributed by atoms with Crippen molar-refractivity contribution in [2.24, 2.45) is 0 Å². The van der Waals surface area contributed by atoms with E-state index in [0.29, 0.717) is 0 Å². The first-order valence-corrected chi connectivity index (χ1v) is 19.1. The quantitative estimate of drug-likeness (QED) is 0.290. The van der Waals surface area contributed by atoms with Crippen molar-refractivity contribution in [1.82, 2.24) is 0 Å². The molecular weight excluding hydrogens is 439 g/mol. The normalized spacial score (nSPS) is 12.5. The third kappa shape index (κ3) is 8.44. The molecule has 0 amide bonds. The van der Waals surface area contributed by atoms with E-state index in [1.165, 1.54) is 51.8 Å². The molecule has 3 nitrogen and oxygen atoms in total. The van der Waals surface area contributed by atoms with Crippen LogP contribution >= 0.6 is 0 Å². The van der Waals surface area contributed by atoms with Crippen LogP contribution in [-0.2, 0) is 20.9 Å². The van der Waals surface area contributed by atoms with Crippen molar-refractivity contribution < 1.29 is 12.6 Å². The van der Waals surface area contributed by atoms with Gasteiger partial charge in [-0.1, -0.05) is 0 Å². The fourth-order valence-corrected chi connectivity index (χ4v) is 19.8. The summed E-state index contributed by atoms with van der Waals surface area (Å²) in [5.41, 5.74) is 0.941. The second-order valence-corrected chi connectivity index (χ2v) is 22.1. The Bertz CT molecular complexity index is 560. The molecule has 25 heavy (non-hydrogen) atoms. The predicted octanol–water partition coefficient (Wildman–Crippen LogP) is 5.22. The van der Waals surface area contributed by atoms with Crippen molar-refractivity contribution in [2.45, 2.75) is 79.2 Å². The standard InChI is InChI=1S/C8H9O3S.3C4H9.Sn/c1-12(9,10)11-7-8-5-3-2-4-6-8;3*1-3-4-2;/h3-6H,7H2,1H3;3*1,3-4H2,2H3;. The number of hydrogen-bond acceptors (Lipinski definition) is 3. The molecule has 0 radical (unpaired) electrons. The van der Waals surface area contributed by atoms with Gasteiger partial charge < -0.3 is 0 Å². The van der Waals surface area contributed by atoms with E-state index in [2.05, 4.69) is 45.0 Å². The Labute approximate surface area is 159 Å². The molecule has 0 fully saturated rings. The summed E-state index contributed by atoms with van der Waals surface area (Å²) in [5, 5.41) is 0. The molecule has 0 aliphatic rings. The van der Waals surface area contributed by atoms with E-state index in [9.17, 15) is 8.42 Å². The Morgan fingerprint density at radius 3 is 1.64 bits per heavy atom. The van der Waals surface area contributed by atoms with Crippen molar-refractivity contribution in [3.05, 3.63) is 29.8 Å². The first-order valence-electron chi connectivity index (χ1n) is 9.80. The zero-order valence-electron chi connectivity index (χ0n) is 16.5. The third-order valence-corrected chi connectivity index (χ3v) is 21.2. The summed E-state index contributed by atoms with van der Waals surface area (Å²) in [6.45, 7) is 7.02.